The molecule has 0 spiro atoms. The number of carbonyl (C=O) groups is 2. The second-order valence-corrected chi connectivity index (χ2v) is 12.5. The van der Waals surface area contributed by atoms with Crippen LogP contribution in [0, 0.1) is 38.7 Å². The zero-order chi connectivity index (χ0) is 34.0. The van der Waals surface area contributed by atoms with Crippen LogP contribution in [0.3, 0.4) is 0 Å². The molecule has 49 heavy (non-hydrogen) atoms. The molecule has 0 saturated heterocycles. The second-order valence-electron chi connectivity index (χ2n) is 12.5. The highest BCUT2D eigenvalue weighted by Crippen LogP contribution is 2.41. The first-order valence-electron chi connectivity index (χ1n) is 15.9. The number of amides is 2. The van der Waals surface area contributed by atoms with Crippen molar-refractivity contribution in [2.24, 2.45) is 0 Å². The lowest BCUT2D eigenvalue weighted by Gasteiger charge is -2.20. The summed E-state index contributed by atoms with van der Waals surface area (Å²) in [5, 5.41) is 11.5. The Morgan fingerprint density at radius 3 is 1.88 bits per heavy atom. The molecule has 8 rings (SSSR count). The van der Waals surface area contributed by atoms with Crippen LogP contribution in [-0.2, 0) is 0 Å². The van der Waals surface area contributed by atoms with Gasteiger partial charge in [0, 0.05) is 10.8 Å². The summed E-state index contributed by atoms with van der Waals surface area (Å²) in [6, 6.07) is 39.1. The van der Waals surface area contributed by atoms with Crippen LogP contribution in [-0.4, -0.2) is 16.4 Å². The van der Waals surface area contributed by atoms with Crippen LogP contribution in [0.1, 0.15) is 43.0 Å². The average molecular weight is 633 g/mol. The van der Waals surface area contributed by atoms with Gasteiger partial charge in [-0.1, -0.05) is 66.2 Å². The first kappa shape index (κ1) is 29.6. The highest BCUT2D eigenvalue weighted by molar-refractivity contribution is 6.36. The second kappa shape index (κ2) is 11.2. The number of imide groups is 1. The van der Waals surface area contributed by atoms with Gasteiger partial charge in [0.15, 0.2) is 5.69 Å². The van der Waals surface area contributed by atoms with Crippen molar-refractivity contribution in [3.63, 3.8) is 0 Å². The van der Waals surface area contributed by atoms with Gasteiger partial charge in [-0.15, -0.1) is 0 Å². The lowest BCUT2D eigenvalue weighted by Crippen LogP contribution is -2.31. The van der Waals surface area contributed by atoms with E-state index >= 15 is 0 Å². The zero-order valence-electron chi connectivity index (χ0n) is 27.1. The number of fused-ring (bicyclic) bond motifs is 4. The van der Waals surface area contributed by atoms with Gasteiger partial charge >= 0.3 is 0 Å². The minimum absolute atomic E-state index is 0.334. The van der Waals surface area contributed by atoms with Crippen LogP contribution < -0.4 is 4.90 Å². The van der Waals surface area contributed by atoms with E-state index in [4.69, 9.17) is 6.57 Å². The van der Waals surface area contributed by atoms with Gasteiger partial charge in [0.2, 0.25) is 0 Å². The first-order chi connectivity index (χ1) is 23.8. The largest absolute Gasteiger partial charge is 0.308 e. The number of nitriles is 1. The molecule has 0 atom stereocenters. The molecule has 7 aromatic rings. The molecular weight excluding hydrogens is 604 g/mol. The summed E-state index contributed by atoms with van der Waals surface area (Å²) in [6.07, 6.45) is 0. The third-order valence-electron chi connectivity index (χ3n) is 9.39. The van der Waals surface area contributed by atoms with E-state index in [1.807, 2.05) is 106 Å². The Balaban J connectivity index is 1.38. The van der Waals surface area contributed by atoms with E-state index in [1.54, 1.807) is 18.2 Å². The van der Waals surface area contributed by atoms with Crippen LogP contribution in [0.25, 0.3) is 54.6 Å². The summed E-state index contributed by atoms with van der Waals surface area (Å²) in [4.78, 5) is 33.4. The van der Waals surface area contributed by atoms with E-state index in [-0.39, 0.29) is 11.8 Å². The highest BCUT2D eigenvalue weighted by Gasteiger charge is 2.40. The number of carbonyl (C=O) groups excluding carboxylic acids is 2. The number of rotatable bonds is 4. The van der Waals surface area contributed by atoms with E-state index < -0.39 is 0 Å². The van der Waals surface area contributed by atoms with Gasteiger partial charge in [-0.25, -0.2) is 9.74 Å². The molecule has 2 amide bonds. The van der Waals surface area contributed by atoms with Crippen molar-refractivity contribution < 1.29 is 9.59 Å². The Bertz CT molecular complexity index is 2530. The number of hydrogen-bond acceptors (Lipinski definition) is 3. The number of hydrogen-bond donors (Lipinski definition) is 0. The zero-order valence-corrected chi connectivity index (χ0v) is 27.1. The van der Waals surface area contributed by atoms with Crippen molar-refractivity contribution in [2.75, 3.05) is 4.90 Å². The van der Waals surface area contributed by atoms with Crippen molar-refractivity contribution in [1.82, 2.24) is 4.57 Å². The van der Waals surface area contributed by atoms with Crippen LogP contribution in [0.4, 0.5) is 11.4 Å². The van der Waals surface area contributed by atoms with Crippen molar-refractivity contribution in [1.29, 1.82) is 5.26 Å². The van der Waals surface area contributed by atoms with Crippen molar-refractivity contribution in [3.05, 3.63) is 160 Å². The van der Waals surface area contributed by atoms with Crippen LogP contribution in [0.15, 0.2) is 115 Å². The molecular formula is C43H28N4O2. The number of benzene rings is 6. The number of aromatic nitrogens is 1. The fourth-order valence-corrected chi connectivity index (χ4v) is 7.35. The Labute approximate surface area is 283 Å². The Hall–Kier alpha value is -6.76. The van der Waals surface area contributed by atoms with Gasteiger partial charge in [-0.2, -0.15) is 5.26 Å². The smallest absolute Gasteiger partial charge is 0.268 e. The predicted molar refractivity (Wildman–Crippen MR) is 194 cm³/mol. The van der Waals surface area contributed by atoms with Gasteiger partial charge in [0.05, 0.1) is 51.7 Å². The van der Waals surface area contributed by atoms with Gasteiger partial charge in [-0.3, -0.25) is 9.59 Å². The summed E-state index contributed by atoms with van der Waals surface area (Å²) in [7, 11) is 0. The maximum absolute atomic E-state index is 14.4. The lowest BCUT2D eigenvalue weighted by molar-refractivity contribution is 0.0925. The van der Waals surface area contributed by atoms with Gasteiger partial charge in [0.1, 0.15) is 0 Å². The fraction of sp³-hybridized carbons (Fsp3) is 0.0698. The Kier molecular flexibility index (Phi) is 6.77. The van der Waals surface area contributed by atoms with E-state index in [0.29, 0.717) is 33.8 Å². The standard InChI is InChI=1S/C43H28N4O2/c1-25-18-26(2)41(27(3)19-25)47-42(48)34-12-7-13-39(40(34)43(47)49)46-37-16-14-31(29-9-5-8-28(20-29)24-44)22-35(37)36-23-32(15-17-38(36)46)30-10-6-11-33(21-30)45-4/h5-23H,1-3H3. The first-order valence-corrected chi connectivity index (χ1v) is 15.9. The van der Waals surface area contributed by atoms with Crippen LogP contribution in [0.2, 0.25) is 0 Å². The van der Waals surface area contributed by atoms with E-state index in [9.17, 15) is 14.9 Å². The molecule has 0 saturated carbocycles. The van der Waals surface area contributed by atoms with Crippen LogP contribution >= 0.6 is 0 Å². The molecule has 0 N–H and O–H groups in total. The van der Waals surface area contributed by atoms with Crippen molar-refractivity contribution >= 4 is 45.0 Å². The number of anilines is 1. The molecule has 2 heterocycles. The molecule has 1 aliphatic rings. The molecule has 0 fully saturated rings. The molecule has 232 valence electrons. The van der Waals surface area contributed by atoms with Gasteiger partial charge < -0.3 is 4.57 Å². The Morgan fingerprint density at radius 1 is 0.653 bits per heavy atom. The molecule has 1 aliphatic heterocycles. The van der Waals surface area contributed by atoms with Gasteiger partial charge in [0.25, 0.3) is 11.8 Å². The quantitative estimate of drug-likeness (QED) is 0.143. The van der Waals surface area contributed by atoms with E-state index in [0.717, 1.165) is 60.8 Å². The summed E-state index contributed by atoms with van der Waals surface area (Å²) < 4.78 is 2.07. The summed E-state index contributed by atoms with van der Waals surface area (Å²) in [5.74, 6) is -0.683. The average Bonchev–Trinajstić information content (AvgIpc) is 3.57. The number of nitrogens with zero attached hydrogens (tertiary/aromatic N) is 4. The van der Waals surface area contributed by atoms with Gasteiger partial charge in [-0.05, 0) is 109 Å². The van der Waals surface area contributed by atoms with E-state index in [1.165, 1.54) is 4.90 Å². The maximum atomic E-state index is 14.4. The highest BCUT2D eigenvalue weighted by atomic mass is 16.2. The topological polar surface area (TPSA) is 70.5 Å². The van der Waals surface area contributed by atoms with Crippen LogP contribution in [0.5, 0.6) is 0 Å². The minimum Gasteiger partial charge on any atom is -0.308 e. The molecule has 0 unspecified atom stereocenters. The van der Waals surface area contributed by atoms with E-state index in [2.05, 4.69) is 27.6 Å². The molecule has 6 heteroatoms. The molecule has 0 bridgehead atoms. The maximum Gasteiger partial charge on any atom is 0.268 e. The molecule has 6 aromatic carbocycles. The Morgan fingerprint density at radius 2 is 1.24 bits per heavy atom. The normalized spacial score (nSPS) is 12.4. The van der Waals surface area contributed by atoms with Crippen molar-refractivity contribution in [3.8, 4) is 34.0 Å². The summed E-state index contributed by atoms with van der Waals surface area (Å²) >= 11 is 0. The summed E-state index contributed by atoms with van der Waals surface area (Å²) in [6.45, 7) is 13.4. The predicted octanol–water partition coefficient (Wildman–Crippen LogP) is 10.3. The lowest BCUT2D eigenvalue weighted by atomic mass is 9.99. The minimum atomic E-state index is -0.349. The monoisotopic (exact) mass is 632 g/mol. The third-order valence-corrected chi connectivity index (χ3v) is 9.39. The SMILES string of the molecule is [C-]#[N+]c1cccc(-c2ccc3c(c2)c2cc(-c4cccc(C#N)c4)ccc2n3-c2cccc3c2C(=O)N(c2c(C)cc(C)cc2C)C3=O)c1. The molecule has 0 radical (unpaired) electrons. The fourth-order valence-electron chi connectivity index (χ4n) is 7.35. The molecule has 6 nitrogen and oxygen atoms in total. The molecule has 1 aromatic heterocycles. The summed E-state index contributed by atoms with van der Waals surface area (Å²) in [5.41, 5.74) is 11.4. The van der Waals surface area contributed by atoms with Crippen molar-refractivity contribution in [2.45, 2.75) is 20.8 Å². The third kappa shape index (κ3) is 4.62. The molecule has 0 aliphatic carbocycles. The number of aryl methyl sites for hydroxylation is 3.